The third kappa shape index (κ3) is 2.69. The van der Waals surface area contributed by atoms with E-state index in [9.17, 15) is 9.18 Å². The summed E-state index contributed by atoms with van der Waals surface area (Å²) in [5.74, 6) is -0.502. The lowest BCUT2D eigenvalue weighted by Gasteiger charge is -2.09. The maximum absolute atomic E-state index is 13.3. The van der Waals surface area contributed by atoms with Crippen molar-refractivity contribution in [1.82, 2.24) is 0 Å². The highest BCUT2D eigenvalue weighted by Crippen LogP contribution is 2.17. The van der Waals surface area contributed by atoms with Crippen molar-refractivity contribution in [3.8, 4) is 0 Å². The maximum atomic E-state index is 13.3. The smallest absolute Gasteiger partial charge is 0.155 e. The van der Waals surface area contributed by atoms with Gasteiger partial charge in [0.2, 0.25) is 0 Å². The van der Waals surface area contributed by atoms with Crippen LogP contribution in [0.25, 0.3) is 0 Å². The second kappa shape index (κ2) is 5.25. The molecule has 0 saturated carbocycles. The molecule has 0 atom stereocenters. The van der Waals surface area contributed by atoms with Crippen LogP contribution in [-0.4, -0.2) is 6.29 Å². The molecule has 0 unspecified atom stereocenters. The molecule has 0 aliphatic rings. The van der Waals surface area contributed by atoms with E-state index in [2.05, 4.69) is 5.32 Å². The number of hydrogen-bond acceptors (Lipinski definition) is 2. The molecule has 0 spiro atoms. The van der Waals surface area contributed by atoms with Crippen molar-refractivity contribution in [2.45, 2.75) is 6.54 Å². The molecule has 0 bridgehead atoms. The molecule has 3 heteroatoms. The van der Waals surface area contributed by atoms with Crippen LogP contribution >= 0.6 is 0 Å². The average Bonchev–Trinajstić information content (AvgIpc) is 2.37. The van der Waals surface area contributed by atoms with Gasteiger partial charge in [-0.3, -0.25) is 4.79 Å². The van der Waals surface area contributed by atoms with Gasteiger partial charge in [0.25, 0.3) is 0 Å². The second-order valence-corrected chi connectivity index (χ2v) is 3.66. The Balaban J connectivity index is 2.14. The van der Waals surface area contributed by atoms with Crippen LogP contribution in [0.1, 0.15) is 15.9 Å². The number of aldehydes is 1. The molecule has 1 N–H and O–H groups in total. The van der Waals surface area contributed by atoms with Gasteiger partial charge in [0.15, 0.2) is 6.29 Å². The monoisotopic (exact) mass is 229 g/mol. The summed E-state index contributed by atoms with van der Waals surface area (Å²) in [6, 6.07) is 14.3. The third-order valence-corrected chi connectivity index (χ3v) is 2.50. The molecule has 0 aliphatic heterocycles. The first-order chi connectivity index (χ1) is 8.31. The molecule has 2 rings (SSSR count). The highest BCUT2D eigenvalue weighted by atomic mass is 19.1. The molecular weight excluding hydrogens is 217 g/mol. The van der Waals surface area contributed by atoms with Crippen LogP contribution in [0.4, 0.5) is 10.1 Å². The SMILES string of the molecule is O=Cc1c(F)cccc1NCc1ccccc1. The van der Waals surface area contributed by atoms with E-state index < -0.39 is 5.82 Å². The molecular formula is C14H12FNO. The first-order valence-electron chi connectivity index (χ1n) is 5.33. The van der Waals surface area contributed by atoms with E-state index in [-0.39, 0.29) is 5.56 Å². The first-order valence-corrected chi connectivity index (χ1v) is 5.33. The van der Waals surface area contributed by atoms with Crippen LogP contribution in [0.2, 0.25) is 0 Å². The van der Waals surface area contributed by atoms with E-state index in [1.165, 1.54) is 6.07 Å². The molecule has 0 aliphatic carbocycles. The number of benzene rings is 2. The van der Waals surface area contributed by atoms with Crippen molar-refractivity contribution in [2.75, 3.05) is 5.32 Å². The van der Waals surface area contributed by atoms with Crippen molar-refractivity contribution < 1.29 is 9.18 Å². The van der Waals surface area contributed by atoms with Crippen LogP contribution in [0, 0.1) is 5.82 Å². The predicted molar refractivity (Wildman–Crippen MR) is 65.6 cm³/mol. The molecule has 86 valence electrons. The Labute approximate surface area is 99.1 Å². The third-order valence-electron chi connectivity index (χ3n) is 2.50. The van der Waals surface area contributed by atoms with Gasteiger partial charge in [-0.1, -0.05) is 36.4 Å². The number of carbonyl (C=O) groups is 1. The number of rotatable bonds is 4. The summed E-state index contributed by atoms with van der Waals surface area (Å²) in [6.45, 7) is 0.561. The van der Waals surface area contributed by atoms with Gasteiger partial charge in [0.1, 0.15) is 5.82 Å². The minimum atomic E-state index is -0.502. The van der Waals surface area contributed by atoms with Gasteiger partial charge < -0.3 is 5.32 Å². The lowest BCUT2D eigenvalue weighted by Crippen LogP contribution is -2.03. The Morgan fingerprint density at radius 1 is 1.06 bits per heavy atom. The van der Waals surface area contributed by atoms with Gasteiger partial charge in [-0.15, -0.1) is 0 Å². The summed E-state index contributed by atoms with van der Waals surface area (Å²) in [6.07, 6.45) is 0.530. The quantitative estimate of drug-likeness (QED) is 0.815. The zero-order chi connectivity index (χ0) is 12.1. The molecule has 0 amide bonds. The molecule has 0 fully saturated rings. The van der Waals surface area contributed by atoms with Crippen molar-refractivity contribution in [3.63, 3.8) is 0 Å². The van der Waals surface area contributed by atoms with E-state index >= 15 is 0 Å². The summed E-state index contributed by atoms with van der Waals surface area (Å²) in [5, 5.41) is 3.05. The predicted octanol–water partition coefficient (Wildman–Crippen LogP) is 3.25. The molecule has 0 heterocycles. The van der Waals surface area contributed by atoms with Gasteiger partial charge in [0.05, 0.1) is 5.56 Å². The van der Waals surface area contributed by atoms with Crippen LogP contribution in [-0.2, 0) is 6.54 Å². The molecule has 2 nitrogen and oxygen atoms in total. The van der Waals surface area contributed by atoms with Crippen molar-refractivity contribution in [3.05, 3.63) is 65.5 Å². The van der Waals surface area contributed by atoms with Crippen molar-refractivity contribution in [1.29, 1.82) is 0 Å². The summed E-state index contributed by atoms with van der Waals surface area (Å²) < 4.78 is 13.3. The number of hydrogen-bond donors (Lipinski definition) is 1. The van der Waals surface area contributed by atoms with Crippen LogP contribution in [0.5, 0.6) is 0 Å². The zero-order valence-corrected chi connectivity index (χ0v) is 9.19. The fourth-order valence-electron chi connectivity index (χ4n) is 1.60. The Morgan fingerprint density at radius 3 is 2.53 bits per heavy atom. The van der Waals surface area contributed by atoms with E-state index in [1.54, 1.807) is 12.1 Å². The Kier molecular flexibility index (Phi) is 3.50. The van der Waals surface area contributed by atoms with Crippen LogP contribution < -0.4 is 5.32 Å². The minimum Gasteiger partial charge on any atom is -0.380 e. The average molecular weight is 229 g/mol. The maximum Gasteiger partial charge on any atom is 0.155 e. The van der Waals surface area contributed by atoms with E-state index in [0.717, 1.165) is 5.56 Å². The summed E-state index contributed by atoms with van der Waals surface area (Å²) >= 11 is 0. The van der Waals surface area contributed by atoms with Gasteiger partial charge in [-0.05, 0) is 17.7 Å². The Bertz CT molecular complexity index is 511. The summed E-state index contributed by atoms with van der Waals surface area (Å²) in [4.78, 5) is 10.8. The summed E-state index contributed by atoms with van der Waals surface area (Å²) in [7, 11) is 0. The van der Waals surface area contributed by atoms with E-state index in [4.69, 9.17) is 0 Å². The molecule has 0 saturated heterocycles. The fraction of sp³-hybridized carbons (Fsp3) is 0.0714. The minimum absolute atomic E-state index is 0.0726. The van der Waals surface area contributed by atoms with Gasteiger partial charge in [-0.25, -0.2) is 4.39 Å². The number of carbonyl (C=O) groups excluding carboxylic acids is 1. The lowest BCUT2D eigenvalue weighted by atomic mass is 10.1. The van der Waals surface area contributed by atoms with E-state index in [0.29, 0.717) is 18.5 Å². The highest BCUT2D eigenvalue weighted by Gasteiger charge is 2.06. The molecule has 0 aromatic heterocycles. The van der Waals surface area contributed by atoms with E-state index in [1.807, 2.05) is 30.3 Å². The standard InChI is InChI=1S/C14H12FNO/c15-13-7-4-8-14(12(13)10-17)16-9-11-5-2-1-3-6-11/h1-8,10,16H,9H2. The largest absolute Gasteiger partial charge is 0.380 e. The molecule has 17 heavy (non-hydrogen) atoms. The normalized spacial score (nSPS) is 9.94. The fourth-order valence-corrected chi connectivity index (χ4v) is 1.60. The molecule has 0 radical (unpaired) electrons. The lowest BCUT2D eigenvalue weighted by molar-refractivity contribution is 0.112. The van der Waals surface area contributed by atoms with Crippen molar-refractivity contribution >= 4 is 12.0 Å². The van der Waals surface area contributed by atoms with Gasteiger partial charge >= 0.3 is 0 Å². The highest BCUT2D eigenvalue weighted by molar-refractivity contribution is 5.84. The van der Waals surface area contributed by atoms with Gasteiger partial charge in [0, 0.05) is 12.2 Å². The Morgan fingerprint density at radius 2 is 1.82 bits per heavy atom. The van der Waals surface area contributed by atoms with Crippen molar-refractivity contribution in [2.24, 2.45) is 0 Å². The second-order valence-electron chi connectivity index (χ2n) is 3.66. The first kappa shape index (κ1) is 11.3. The number of halogens is 1. The molecule has 2 aromatic rings. The summed E-state index contributed by atoms with van der Waals surface area (Å²) in [5.41, 5.74) is 1.67. The zero-order valence-electron chi connectivity index (χ0n) is 9.19. The van der Waals surface area contributed by atoms with Crippen LogP contribution in [0.15, 0.2) is 48.5 Å². The number of nitrogens with one attached hydrogen (secondary N) is 1. The number of anilines is 1. The Hall–Kier alpha value is -2.16. The van der Waals surface area contributed by atoms with Crippen LogP contribution in [0.3, 0.4) is 0 Å². The van der Waals surface area contributed by atoms with Gasteiger partial charge in [-0.2, -0.15) is 0 Å². The molecule has 2 aromatic carbocycles. The topological polar surface area (TPSA) is 29.1 Å².